The summed E-state index contributed by atoms with van der Waals surface area (Å²) in [6.07, 6.45) is 3.46. The Morgan fingerprint density at radius 1 is 1.65 bits per heavy atom. The van der Waals surface area contributed by atoms with Gasteiger partial charge in [0.1, 0.15) is 0 Å². The fourth-order valence-electron chi connectivity index (χ4n) is 2.13. The number of hydrogen-bond donors (Lipinski definition) is 0. The molecule has 1 atom stereocenters. The fourth-order valence-corrected chi connectivity index (χ4v) is 2.13. The number of rotatable bonds is 1. The van der Waals surface area contributed by atoms with Crippen LogP contribution in [-0.4, -0.2) is 28.9 Å². The van der Waals surface area contributed by atoms with E-state index >= 15 is 0 Å². The molecule has 0 saturated carbocycles. The van der Waals surface area contributed by atoms with Crippen molar-refractivity contribution in [1.29, 1.82) is 5.26 Å². The SMILES string of the molecule is Cc1cc(C(=O)N2CCCC(C#N)C2)ccn1. The summed E-state index contributed by atoms with van der Waals surface area (Å²) in [7, 11) is 0. The lowest BCUT2D eigenvalue weighted by molar-refractivity contribution is 0.0698. The smallest absolute Gasteiger partial charge is 0.254 e. The molecule has 2 heterocycles. The maximum absolute atomic E-state index is 12.2. The zero-order valence-electron chi connectivity index (χ0n) is 9.89. The second kappa shape index (κ2) is 4.96. The lowest BCUT2D eigenvalue weighted by Crippen LogP contribution is -2.39. The number of amides is 1. The van der Waals surface area contributed by atoms with Gasteiger partial charge < -0.3 is 4.90 Å². The number of nitriles is 1. The highest BCUT2D eigenvalue weighted by Gasteiger charge is 2.24. The van der Waals surface area contributed by atoms with Crippen molar-refractivity contribution in [1.82, 2.24) is 9.88 Å². The van der Waals surface area contributed by atoms with Gasteiger partial charge in [0.15, 0.2) is 0 Å². The number of carbonyl (C=O) groups excluding carboxylic acids is 1. The molecule has 0 aromatic carbocycles. The van der Waals surface area contributed by atoms with Gasteiger partial charge in [-0.25, -0.2) is 0 Å². The van der Waals surface area contributed by atoms with Crippen LogP contribution < -0.4 is 0 Å². The fraction of sp³-hybridized carbons (Fsp3) is 0.462. The third-order valence-electron chi connectivity index (χ3n) is 3.03. The first-order valence-corrected chi connectivity index (χ1v) is 5.82. The van der Waals surface area contributed by atoms with Crippen molar-refractivity contribution in [2.45, 2.75) is 19.8 Å². The maximum atomic E-state index is 12.2. The second-order valence-electron chi connectivity index (χ2n) is 4.41. The molecule has 0 N–H and O–H groups in total. The van der Waals surface area contributed by atoms with Crippen LogP contribution in [-0.2, 0) is 0 Å². The van der Waals surface area contributed by atoms with Crippen molar-refractivity contribution in [2.24, 2.45) is 5.92 Å². The Bertz CT molecular complexity index is 464. The summed E-state index contributed by atoms with van der Waals surface area (Å²) in [5.74, 6) is -0.00826. The van der Waals surface area contributed by atoms with Gasteiger partial charge in [-0.05, 0) is 31.9 Å². The van der Waals surface area contributed by atoms with E-state index in [2.05, 4.69) is 11.1 Å². The van der Waals surface area contributed by atoms with Crippen LogP contribution in [0.4, 0.5) is 0 Å². The molecule has 1 saturated heterocycles. The number of aryl methyl sites for hydroxylation is 1. The average molecular weight is 229 g/mol. The second-order valence-corrected chi connectivity index (χ2v) is 4.41. The van der Waals surface area contributed by atoms with E-state index < -0.39 is 0 Å². The van der Waals surface area contributed by atoms with Crippen LogP contribution in [0.2, 0.25) is 0 Å². The summed E-state index contributed by atoms with van der Waals surface area (Å²) in [6.45, 7) is 3.17. The Kier molecular flexibility index (Phi) is 3.38. The molecule has 2 rings (SSSR count). The van der Waals surface area contributed by atoms with Gasteiger partial charge in [-0.15, -0.1) is 0 Å². The van der Waals surface area contributed by atoms with Crippen LogP contribution in [0.1, 0.15) is 28.9 Å². The van der Waals surface area contributed by atoms with E-state index in [1.54, 1.807) is 23.2 Å². The molecule has 0 bridgehead atoms. The Labute approximate surface area is 101 Å². The lowest BCUT2D eigenvalue weighted by Gasteiger charge is -2.29. The average Bonchev–Trinajstić information content (AvgIpc) is 2.38. The van der Waals surface area contributed by atoms with Crippen molar-refractivity contribution in [3.63, 3.8) is 0 Å². The van der Waals surface area contributed by atoms with Crippen LogP contribution in [0.25, 0.3) is 0 Å². The molecule has 1 unspecified atom stereocenters. The van der Waals surface area contributed by atoms with Crippen LogP contribution in [0, 0.1) is 24.2 Å². The number of aromatic nitrogens is 1. The third-order valence-corrected chi connectivity index (χ3v) is 3.03. The standard InChI is InChI=1S/C13H15N3O/c1-10-7-12(4-5-15-10)13(17)16-6-2-3-11(8-14)9-16/h4-5,7,11H,2-3,6,9H2,1H3. The zero-order valence-corrected chi connectivity index (χ0v) is 9.89. The molecule has 1 amide bonds. The molecule has 17 heavy (non-hydrogen) atoms. The molecular formula is C13H15N3O. The molecule has 1 aliphatic rings. The summed E-state index contributed by atoms with van der Waals surface area (Å²) in [5.41, 5.74) is 1.50. The molecule has 1 fully saturated rings. The Hall–Kier alpha value is -1.89. The van der Waals surface area contributed by atoms with E-state index in [1.807, 2.05) is 6.92 Å². The molecule has 1 aromatic heterocycles. The molecule has 88 valence electrons. The molecule has 4 heteroatoms. The van der Waals surface area contributed by atoms with Crippen molar-refractivity contribution in [3.8, 4) is 6.07 Å². The number of carbonyl (C=O) groups is 1. The quantitative estimate of drug-likeness (QED) is 0.737. The molecule has 1 aliphatic heterocycles. The van der Waals surface area contributed by atoms with E-state index in [9.17, 15) is 4.79 Å². The van der Waals surface area contributed by atoms with Gasteiger partial charge >= 0.3 is 0 Å². The van der Waals surface area contributed by atoms with Gasteiger partial charge in [-0.1, -0.05) is 0 Å². The van der Waals surface area contributed by atoms with Gasteiger partial charge in [0.2, 0.25) is 0 Å². The minimum Gasteiger partial charge on any atom is -0.337 e. The van der Waals surface area contributed by atoms with Crippen LogP contribution >= 0.6 is 0 Å². The van der Waals surface area contributed by atoms with Crippen molar-refractivity contribution in [2.75, 3.05) is 13.1 Å². The molecule has 4 nitrogen and oxygen atoms in total. The first-order chi connectivity index (χ1) is 8.20. The van der Waals surface area contributed by atoms with Crippen molar-refractivity contribution in [3.05, 3.63) is 29.6 Å². The van der Waals surface area contributed by atoms with E-state index in [0.29, 0.717) is 12.1 Å². The zero-order chi connectivity index (χ0) is 12.3. The Morgan fingerprint density at radius 3 is 3.18 bits per heavy atom. The lowest BCUT2D eigenvalue weighted by atomic mass is 9.99. The van der Waals surface area contributed by atoms with Crippen LogP contribution in [0.15, 0.2) is 18.3 Å². The molecule has 1 aromatic rings. The molecular weight excluding hydrogens is 214 g/mol. The minimum atomic E-state index is -0.0179. The first-order valence-electron chi connectivity index (χ1n) is 5.82. The Morgan fingerprint density at radius 2 is 2.47 bits per heavy atom. The third kappa shape index (κ3) is 2.62. The van der Waals surface area contributed by atoms with Gasteiger partial charge in [0.25, 0.3) is 5.91 Å². The number of pyridine rings is 1. The predicted molar refractivity (Wildman–Crippen MR) is 63.2 cm³/mol. The molecule has 0 spiro atoms. The predicted octanol–water partition coefficient (Wildman–Crippen LogP) is 1.77. The largest absolute Gasteiger partial charge is 0.337 e. The number of nitrogens with zero attached hydrogens (tertiary/aromatic N) is 3. The van der Waals surface area contributed by atoms with Crippen molar-refractivity contribution < 1.29 is 4.79 Å². The normalized spacial score (nSPS) is 19.8. The molecule has 0 aliphatic carbocycles. The van der Waals surface area contributed by atoms with E-state index in [4.69, 9.17) is 5.26 Å². The van der Waals surface area contributed by atoms with Crippen LogP contribution in [0.5, 0.6) is 0 Å². The number of hydrogen-bond acceptors (Lipinski definition) is 3. The summed E-state index contributed by atoms with van der Waals surface area (Å²) >= 11 is 0. The van der Waals surface area contributed by atoms with Crippen LogP contribution in [0.3, 0.4) is 0 Å². The number of likely N-dealkylation sites (tertiary alicyclic amines) is 1. The van der Waals surface area contributed by atoms with E-state index in [1.165, 1.54) is 0 Å². The highest BCUT2D eigenvalue weighted by molar-refractivity contribution is 5.94. The summed E-state index contributed by atoms with van der Waals surface area (Å²) < 4.78 is 0. The van der Waals surface area contributed by atoms with E-state index in [-0.39, 0.29) is 11.8 Å². The van der Waals surface area contributed by atoms with Gasteiger partial charge in [0, 0.05) is 30.5 Å². The number of piperidine rings is 1. The summed E-state index contributed by atoms with van der Waals surface area (Å²) in [5, 5.41) is 8.91. The topological polar surface area (TPSA) is 57.0 Å². The van der Waals surface area contributed by atoms with Gasteiger partial charge in [-0.2, -0.15) is 5.26 Å². The maximum Gasteiger partial charge on any atom is 0.254 e. The van der Waals surface area contributed by atoms with Crippen molar-refractivity contribution >= 4 is 5.91 Å². The van der Waals surface area contributed by atoms with Gasteiger partial charge in [-0.3, -0.25) is 9.78 Å². The highest BCUT2D eigenvalue weighted by Crippen LogP contribution is 2.17. The summed E-state index contributed by atoms with van der Waals surface area (Å²) in [4.78, 5) is 18.0. The first kappa shape index (κ1) is 11.6. The minimum absolute atomic E-state index is 0.00968. The highest BCUT2D eigenvalue weighted by atomic mass is 16.2. The Balaban J connectivity index is 2.12. The summed E-state index contributed by atoms with van der Waals surface area (Å²) in [6, 6.07) is 5.76. The van der Waals surface area contributed by atoms with E-state index in [0.717, 1.165) is 25.1 Å². The monoisotopic (exact) mass is 229 g/mol. The molecule has 0 radical (unpaired) electrons. The van der Waals surface area contributed by atoms with Gasteiger partial charge in [0.05, 0.1) is 12.0 Å².